The van der Waals surface area contributed by atoms with Crippen molar-refractivity contribution >= 4 is 29.7 Å². The third-order valence-corrected chi connectivity index (χ3v) is 9.19. The lowest BCUT2D eigenvalue weighted by molar-refractivity contribution is -0.126. The molecular weight excluding hydrogens is 568 g/mol. The number of pyridine rings is 1. The number of hydrogen-bond donors (Lipinski definition) is 1. The number of nitrogens with zero attached hydrogens (tertiary/aromatic N) is 5. The lowest BCUT2D eigenvalue weighted by Gasteiger charge is -2.43. The van der Waals surface area contributed by atoms with E-state index in [1.165, 1.54) is 0 Å². The molecule has 10 nitrogen and oxygen atoms in total. The van der Waals surface area contributed by atoms with Crippen LogP contribution in [0.4, 0.5) is 4.79 Å². The summed E-state index contributed by atoms with van der Waals surface area (Å²) in [5.41, 5.74) is 3.51. The second-order valence-corrected chi connectivity index (χ2v) is 12.4. The van der Waals surface area contributed by atoms with Gasteiger partial charge in [-0.05, 0) is 50.0 Å². The molecule has 0 radical (unpaired) electrons. The minimum atomic E-state index is -0.470. The van der Waals surface area contributed by atoms with Gasteiger partial charge in [-0.1, -0.05) is 35.9 Å². The Morgan fingerprint density at radius 1 is 1.23 bits per heavy atom. The van der Waals surface area contributed by atoms with Crippen molar-refractivity contribution in [2.24, 2.45) is 18.9 Å². The van der Waals surface area contributed by atoms with E-state index in [4.69, 9.17) is 26.1 Å². The maximum atomic E-state index is 13.1. The maximum absolute atomic E-state index is 13.1. The van der Waals surface area contributed by atoms with Gasteiger partial charge in [0, 0.05) is 62.9 Å². The van der Waals surface area contributed by atoms with Gasteiger partial charge in [0.25, 0.3) is 0 Å². The number of aryl methyl sites for hydroxylation is 1. The van der Waals surface area contributed by atoms with Crippen molar-refractivity contribution in [2.45, 2.75) is 44.4 Å². The van der Waals surface area contributed by atoms with Gasteiger partial charge in [0.15, 0.2) is 0 Å². The number of hydrogen-bond acceptors (Lipinski definition) is 7. The van der Waals surface area contributed by atoms with Crippen molar-refractivity contribution in [3.63, 3.8) is 0 Å². The van der Waals surface area contributed by atoms with Gasteiger partial charge in [0.1, 0.15) is 12.2 Å². The summed E-state index contributed by atoms with van der Waals surface area (Å²) >= 11 is 6.68. The Hall–Kier alpha value is -3.47. The minimum Gasteiger partial charge on any atom is -0.443 e. The molecule has 1 N–H and O–H groups in total. The Morgan fingerprint density at radius 2 is 2.02 bits per heavy atom. The predicted octanol–water partition coefficient (Wildman–Crippen LogP) is 4.38. The molecule has 1 saturated carbocycles. The highest BCUT2D eigenvalue weighted by molar-refractivity contribution is 6.31. The first-order valence-electron chi connectivity index (χ1n) is 15.0. The topological polar surface area (TPSA) is 102 Å². The number of allylic oxidation sites excluding steroid dienone is 3. The van der Waals surface area contributed by atoms with Crippen LogP contribution in [0.5, 0.6) is 0 Å². The van der Waals surface area contributed by atoms with Crippen molar-refractivity contribution < 1.29 is 19.1 Å². The molecule has 4 unspecified atom stereocenters. The third-order valence-electron chi connectivity index (χ3n) is 8.93. The van der Waals surface area contributed by atoms with Crippen LogP contribution in [-0.4, -0.2) is 81.3 Å². The zero-order valence-corrected chi connectivity index (χ0v) is 25.7. The molecule has 2 aromatic heterocycles. The average Bonchev–Trinajstić information content (AvgIpc) is 3.61. The molecule has 2 aromatic rings. The van der Waals surface area contributed by atoms with Crippen LogP contribution in [-0.2, 0) is 21.3 Å². The summed E-state index contributed by atoms with van der Waals surface area (Å²) in [5, 5.41) is 3.87. The van der Waals surface area contributed by atoms with E-state index < -0.39 is 6.04 Å². The molecule has 6 rings (SSSR count). The first-order chi connectivity index (χ1) is 20.8. The Balaban J connectivity index is 1.35. The molecule has 3 heterocycles. The summed E-state index contributed by atoms with van der Waals surface area (Å²) in [7, 11) is 1.93. The van der Waals surface area contributed by atoms with Crippen LogP contribution in [0.2, 0.25) is 0 Å². The van der Waals surface area contributed by atoms with Gasteiger partial charge in [-0.15, -0.1) is 0 Å². The molecule has 0 aromatic carbocycles. The number of nitrogens with one attached hydrogen (secondary N) is 1. The van der Waals surface area contributed by atoms with Gasteiger partial charge in [-0.3, -0.25) is 14.7 Å². The van der Waals surface area contributed by atoms with Gasteiger partial charge in [-0.2, -0.15) is 0 Å². The fourth-order valence-electron chi connectivity index (χ4n) is 6.34. The van der Waals surface area contributed by atoms with E-state index in [1.807, 2.05) is 48.7 Å². The summed E-state index contributed by atoms with van der Waals surface area (Å²) in [6.45, 7) is 6.81. The number of fused-ring (bicyclic) bond motifs is 2. The van der Waals surface area contributed by atoms with Crippen LogP contribution < -0.4 is 5.32 Å². The van der Waals surface area contributed by atoms with E-state index in [9.17, 15) is 9.59 Å². The van der Waals surface area contributed by atoms with Crippen molar-refractivity contribution in [3.8, 4) is 0 Å². The van der Waals surface area contributed by atoms with Crippen molar-refractivity contribution in [1.82, 2.24) is 29.7 Å². The van der Waals surface area contributed by atoms with Crippen molar-refractivity contribution in [1.29, 1.82) is 0 Å². The number of carbonyl (C=O) groups excluding carboxylic acids is 2. The maximum Gasteiger partial charge on any atom is 0.410 e. The number of ether oxygens (including phenoxy) is 2. The molecule has 0 spiro atoms. The Bertz CT molecular complexity index is 1460. The molecule has 3 aliphatic carbocycles. The quantitative estimate of drug-likeness (QED) is 0.476. The highest BCUT2D eigenvalue weighted by Gasteiger charge is 2.45. The fourth-order valence-corrected chi connectivity index (χ4v) is 6.55. The molecule has 4 aliphatic rings. The third kappa shape index (κ3) is 6.27. The molecule has 43 heavy (non-hydrogen) atoms. The predicted molar refractivity (Wildman–Crippen MR) is 163 cm³/mol. The van der Waals surface area contributed by atoms with E-state index in [0.29, 0.717) is 37.8 Å². The van der Waals surface area contributed by atoms with Gasteiger partial charge in [0.05, 0.1) is 36.0 Å². The van der Waals surface area contributed by atoms with Gasteiger partial charge in [-0.25, -0.2) is 9.78 Å². The largest absolute Gasteiger partial charge is 0.443 e. The SMILES string of the molecule is CCOCC(=O)NC(C1=Cc2cccnc2C(N2CCN(C(=O)OC3(C)CC3)CC2)C2C=CC(Cl)=CC12)c1cncn1C. The second-order valence-electron chi connectivity index (χ2n) is 12.0. The fraction of sp³-hybridized carbons (Fsp3) is 0.500. The zero-order valence-electron chi connectivity index (χ0n) is 24.9. The number of aromatic nitrogens is 3. The standard InChI is InChI=1S/C32H39ClN6O4/c1-4-42-19-27(40)36-29(26-18-34-20-37(26)3)25-16-21-6-5-11-35-28(21)30(23-8-7-22(33)17-24(23)25)38-12-14-39(15-13-38)31(41)43-32(2)9-10-32/h5-8,11,16-18,20,23-24,29-30H,4,9-10,12-15,19H2,1-3H3,(H,36,40). The van der Waals surface area contributed by atoms with Crippen LogP contribution >= 0.6 is 11.6 Å². The van der Waals surface area contributed by atoms with Gasteiger partial charge < -0.3 is 24.3 Å². The molecule has 4 atom stereocenters. The second kappa shape index (κ2) is 12.3. The average molecular weight is 607 g/mol. The summed E-state index contributed by atoms with van der Waals surface area (Å²) in [4.78, 5) is 39.5. The minimum absolute atomic E-state index is 0.0201. The highest BCUT2D eigenvalue weighted by atomic mass is 35.5. The van der Waals surface area contributed by atoms with E-state index in [2.05, 4.69) is 39.5 Å². The van der Waals surface area contributed by atoms with Crippen molar-refractivity contribution in [3.05, 3.63) is 76.6 Å². The molecule has 1 aliphatic heterocycles. The number of halogens is 1. The lowest BCUT2D eigenvalue weighted by Crippen LogP contribution is -2.52. The summed E-state index contributed by atoms with van der Waals surface area (Å²) < 4.78 is 13.1. The van der Waals surface area contributed by atoms with E-state index in [1.54, 1.807) is 12.5 Å². The molecule has 228 valence electrons. The number of imidazole rings is 1. The van der Waals surface area contributed by atoms with E-state index in [0.717, 1.165) is 35.4 Å². The normalized spacial score (nSPS) is 25.0. The molecule has 11 heteroatoms. The molecule has 0 bridgehead atoms. The zero-order chi connectivity index (χ0) is 30.1. The van der Waals surface area contributed by atoms with E-state index in [-0.39, 0.29) is 42.1 Å². The van der Waals surface area contributed by atoms with Crippen LogP contribution in [0.1, 0.15) is 55.7 Å². The number of amides is 2. The molecule has 2 amide bonds. The lowest BCUT2D eigenvalue weighted by atomic mass is 9.75. The van der Waals surface area contributed by atoms with Crippen LogP contribution in [0, 0.1) is 11.8 Å². The number of carbonyl (C=O) groups is 2. The first kappa shape index (κ1) is 29.6. The smallest absolute Gasteiger partial charge is 0.410 e. The molecular formula is C32H39ClN6O4. The van der Waals surface area contributed by atoms with Gasteiger partial charge >= 0.3 is 6.09 Å². The van der Waals surface area contributed by atoms with E-state index >= 15 is 0 Å². The summed E-state index contributed by atoms with van der Waals surface area (Å²) in [6, 6.07) is 3.48. The summed E-state index contributed by atoms with van der Waals surface area (Å²) in [5.74, 6) is -0.364. The molecule has 2 fully saturated rings. The Morgan fingerprint density at radius 3 is 2.72 bits per heavy atom. The first-order valence-corrected chi connectivity index (χ1v) is 15.4. The number of rotatable bonds is 8. The molecule has 1 saturated heterocycles. The number of piperazine rings is 1. The van der Waals surface area contributed by atoms with Gasteiger partial charge in [0.2, 0.25) is 5.91 Å². The summed E-state index contributed by atoms with van der Waals surface area (Å²) in [6.07, 6.45) is 15.4. The van der Waals surface area contributed by atoms with Crippen LogP contribution in [0.3, 0.4) is 0 Å². The Labute approximate surface area is 257 Å². The van der Waals surface area contributed by atoms with Crippen molar-refractivity contribution in [2.75, 3.05) is 39.4 Å². The highest BCUT2D eigenvalue weighted by Crippen LogP contribution is 2.48. The van der Waals surface area contributed by atoms with Crippen LogP contribution in [0.25, 0.3) is 6.08 Å². The Kier molecular flexibility index (Phi) is 8.44. The van der Waals surface area contributed by atoms with Crippen LogP contribution in [0.15, 0.2) is 59.7 Å². The monoisotopic (exact) mass is 606 g/mol.